The quantitative estimate of drug-likeness (QED) is 0.0261. The molecule has 0 aliphatic carbocycles. The molecule has 14 N–H and O–H groups in total. The van der Waals surface area contributed by atoms with Gasteiger partial charge in [-0.2, -0.15) is 80.4 Å². The van der Waals surface area contributed by atoms with Gasteiger partial charge in [0.1, 0.15) is 44.5 Å². The van der Waals surface area contributed by atoms with Crippen LogP contribution in [0.25, 0.3) is 12.2 Å². The number of hydrogen-bond donors (Lipinski definition) is 14. The van der Waals surface area contributed by atoms with Crippen LogP contribution >= 0.6 is 0 Å². The molecule has 0 spiro atoms. The van der Waals surface area contributed by atoms with Crippen molar-refractivity contribution in [2.24, 2.45) is 0 Å². The van der Waals surface area contributed by atoms with Crippen LogP contribution in [0.3, 0.4) is 0 Å². The van der Waals surface area contributed by atoms with Crippen LogP contribution in [0.5, 0.6) is 0 Å². The molecule has 4 unspecified atom stereocenters. The normalized spacial score (nSPS) is 14.2. The summed E-state index contributed by atoms with van der Waals surface area (Å²) in [6.07, 6.45) is -4.28. The summed E-state index contributed by atoms with van der Waals surface area (Å²) in [5.41, 5.74) is -2.66. The molecule has 0 bridgehead atoms. The molecule has 0 aliphatic heterocycles. The number of aliphatic hydroxyl groups excluding tert-OH is 4. The van der Waals surface area contributed by atoms with Crippen LogP contribution in [-0.4, -0.2) is 153 Å². The first-order valence-electron chi connectivity index (χ1n) is 21.7. The molecule has 6 aromatic rings. The molecule has 80 heavy (non-hydrogen) atoms. The Bertz CT molecular complexity index is 3860. The van der Waals surface area contributed by atoms with Crippen LogP contribution in [0.4, 0.5) is 58.4 Å². The van der Waals surface area contributed by atoms with E-state index in [1.165, 1.54) is 27.7 Å². The van der Waals surface area contributed by atoms with Crippen LogP contribution < -0.4 is 31.1 Å². The average Bonchev–Trinajstić information content (AvgIpc) is 3.29. The van der Waals surface area contributed by atoms with Crippen molar-refractivity contribution < 1.29 is 98.2 Å². The topological polar surface area (TPSA) is 539 Å². The Hall–Kier alpha value is -7.26. The van der Waals surface area contributed by atoms with Gasteiger partial charge in [-0.15, -0.1) is 0 Å². The fourth-order valence-electron chi connectivity index (χ4n) is 7.09. The molecule has 2 aromatic heterocycles. The molecule has 0 amide bonds. The Morgan fingerprint density at radius 3 is 0.925 bits per heavy atom. The minimum atomic E-state index is -5.22. The molecule has 0 aliphatic rings. The average molecular weight is 1240 g/mol. The number of benzene rings is 4. The Labute approximate surface area is 454 Å². The SMILES string of the molecule is CC(O)N(c1nc(Nc2ccc(C=Cc3ccc(Nc4nc(Nc5cc(S(=O)(=O)O)ccc5S(=O)(=O)O)nc(N(C(C)O)C(C)O)n4)cc3S(=O)(=O)O)c(S(=O)(=O)O)c2)nc(Nc2cc(S(=O)(=O)O)ccc2S(=O)(=O)O)n1)C(C)O. The zero-order valence-corrected chi connectivity index (χ0v) is 45.7. The van der Waals surface area contributed by atoms with Gasteiger partial charge in [0.2, 0.25) is 35.7 Å². The van der Waals surface area contributed by atoms with Crippen LogP contribution in [0.2, 0.25) is 0 Å². The predicted octanol–water partition coefficient (Wildman–Crippen LogP) is 1.65. The van der Waals surface area contributed by atoms with Gasteiger partial charge in [-0.3, -0.25) is 37.1 Å². The highest BCUT2D eigenvalue weighted by atomic mass is 32.2. The van der Waals surface area contributed by atoms with E-state index in [1.54, 1.807) is 0 Å². The van der Waals surface area contributed by atoms with E-state index >= 15 is 0 Å². The zero-order chi connectivity index (χ0) is 59.8. The Balaban J connectivity index is 1.39. The lowest BCUT2D eigenvalue weighted by molar-refractivity contribution is 0.102. The van der Waals surface area contributed by atoms with E-state index in [0.717, 1.165) is 58.4 Å². The van der Waals surface area contributed by atoms with Crippen molar-refractivity contribution in [1.29, 1.82) is 0 Å². The van der Waals surface area contributed by atoms with E-state index in [4.69, 9.17) is 0 Å². The molecule has 0 saturated carbocycles. The lowest BCUT2D eigenvalue weighted by Gasteiger charge is -2.28. The van der Waals surface area contributed by atoms with Crippen LogP contribution in [0.1, 0.15) is 38.8 Å². The largest absolute Gasteiger partial charge is 0.374 e. The third kappa shape index (κ3) is 15.3. The first-order chi connectivity index (χ1) is 36.7. The third-order valence-corrected chi connectivity index (χ3v) is 15.7. The number of aliphatic hydroxyl groups is 4. The minimum absolute atomic E-state index is 0.255. The Morgan fingerprint density at radius 2 is 0.662 bits per heavy atom. The van der Waals surface area contributed by atoms with Gasteiger partial charge in [-0.05, 0) is 99.5 Å². The van der Waals surface area contributed by atoms with Crippen molar-refractivity contribution in [3.05, 3.63) is 83.9 Å². The standard InChI is InChI=1S/C40H44N12O22S6/c1-19(53)51(20(2)54)39-47-35(45-37(49-39)43-29-17-27(75(57,58)59)11-13-31(29)77(63,64)65)41-25-9-7-23(33(15-25)79(69,70)71)5-6-24-8-10-26(16-34(24)80(72,73)74)42-36-46-38(50-40(48-36)52(21(3)55)22(4)56)44-30-18-28(76(60,61)62)12-14-32(30)78(66,67)68/h5-22,53-56H,1-4H3,(H,57,58,59)(H,60,61,62)(H,63,64,65)(H,66,67,68)(H,69,70,71)(H,72,73,74)(H2,41,43,45,47,49)(H2,42,44,46,48,50). The highest BCUT2D eigenvalue weighted by Crippen LogP contribution is 2.33. The van der Waals surface area contributed by atoms with Crippen LogP contribution in [0, 0.1) is 0 Å². The molecule has 0 fully saturated rings. The second-order valence-corrected chi connectivity index (χ2v) is 24.8. The second-order valence-electron chi connectivity index (χ2n) is 16.4. The summed E-state index contributed by atoms with van der Waals surface area (Å²) in [6.45, 7) is 4.69. The molecule has 0 radical (unpaired) electrons. The fourth-order valence-corrected chi connectivity index (χ4v) is 10.8. The second kappa shape index (κ2) is 23.1. The van der Waals surface area contributed by atoms with Crippen molar-refractivity contribution in [2.45, 2.75) is 82.0 Å². The number of hydrogen-bond acceptors (Lipinski definition) is 28. The van der Waals surface area contributed by atoms with Crippen molar-refractivity contribution in [2.75, 3.05) is 31.1 Å². The number of anilines is 10. The number of rotatable bonds is 22. The smallest absolute Gasteiger partial charge is 0.296 e. The van der Waals surface area contributed by atoms with Gasteiger partial charge >= 0.3 is 0 Å². The zero-order valence-electron chi connectivity index (χ0n) is 40.8. The first-order valence-corrected chi connectivity index (χ1v) is 30.3. The van der Waals surface area contributed by atoms with Gasteiger partial charge in [0.15, 0.2) is 0 Å². The molecule has 4 aromatic carbocycles. The molecular weight excluding hydrogens is 1190 g/mol. The van der Waals surface area contributed by atoms with E-state index in [-0.39, 0.29) is 22.5 Å². The van der Waals surface area contributed by atoms with Gasteiger partial charge in [0.05, 0.1) is 21.2 Å². The fraction of sp³-hybridized carbons (Fsp3) is 0.200. The number of nitrogens with zero attached hydrogens (tertiary/aromatic N) is 8. The summed E-state index contributed by atoms with van der Waals surface area (Å²) in [5, 5.41) is 51.7. The minimum Gasteiger partial charge on any atom is -0.374 e. The number of nitrogens with one attached hydrogen (secondary N) is 4. The van der Waals surface area contributed by atoms with E-state index in [1.807, 2.05) is 0 Å². The summed E-state index contributed by atoms with van der Waals surface area (Å²) < 4.78 is 208. The summed E-state index contributed by atoms with van der Waals surface area (Å²) in [4.78, 5) is 20.5. The van der Waals surface area contributed by atoms with Gasteiger partial charge in [0, 0.05) is 11.4 Å². The molecule has 2 heterocycles. The molecule has 6 rings (SSSR count). The van der Waals surface area contributed by atoms with E-state index in [2.05, 4.69) is 51.2 Å². The Morgan fingerprint density at radius 1 is 0.375 bits per heavy atom. The third-order valence-electron chi connectivity index (χ3n) is 10.4. The monoisotopic (exact) mass is 1240 g/mol. The van der Waals surface area contributed by atoms with Crippen molar-refractivity contribution >= 4 is 131 Å². The van der Waals surface area contributed by atoms with Crippen LogP contribution in [0.15, 0.2) is 102 Å². The molecule has 0 saturated heterocycles. The van der Waals surface area contributed by atoms with Gasteiger partial charge in [-0.1, -0.05) is 24.3 Å². The lowest BCUT2D eigenvalue weighted by atomic mass is 10.1. The van der Waals surface area contributed by atoms with E-state index in [9.17, 15) is 98.2 Å². The van der Waals surface area contributed by atoms with Crippen LogP contribution in [-0.2, 0) is 60.7 Å². The summed E-state index contributed by atoms with van der Waals surface area (Å²) >= 11 is 0. The Kier molecular flexibility index (Phi) is 17.9. The molecule has 432 valence electrons. The van der Waals surface area contributed by atoms with Gasteiger partial charge in [-0.25, -0.2) is 0 Å². The summed E-state index contributed by atoms with van der Waals surface area (Å²) in [7, 11) is -30.7. The maximum absolute atomic E-state index is 12.8. The summed E-state index contributed by atoms with van der Waals surface area (Å²) in [5.74, 6) is -3.69. The maximum atomic E-state index is 12.8. The molecule has 34 nitrogen and oxygen atoms in total. The van der Waals surface area contributed by atoms with E-state index < -0.39 is 162 Å². The highest BCUT2D eigenvalue weighted by Gasteiger charge is 2.28. The van der Waals surface area contributed by atoms with Crippen molar-refractivity contribution in [3.8, 4) is 0 Å². The summed E-state index contributed by atoms with van der Waals surface area (Å²) in [6, 6.07) is 9.75. The number of aromatic nitrogens is 6. The highest BCUT2D eigenvalue weighted by molar-refractivity contribution is 7.87. The molecule has 40 heteroatoms. The van der Waals surface area contributed by atoms with Crippen molar-refractivity contribution in [1.82, 2.24) is 29.9 Å². The van der Waals surface area contributed by atoms with Gasteiger partial charge in [0.25, 0.3) is 60.7 Å². The lowest BCUT2D eigenvalue weighted by Crippen LogP contribution is -2.41. The van der Waals surface area contributed by atoms with Crippen molar-refractivity contribution in [3.63, 3.8) is 0 Å². The first kappa shape index (κ1) is 61.9. The van der Waals surface area contributed by atoms with Gasteiger partial charge < -0.3 is 41.7 Å². The van der Waals surface area contributed by atoms with E-state index in [0.29, 0.717) is 36.4 Å². The molecular formula is C40H44N12O22S6. The predicted molar refractivity (Wildman–Crippen MR) is 278 cm³/mol. The maximum Gasteiger partial charge on any atom is 0.296 e. The molecule has 4 atom stereocenters.